The lowest BCUT2D eigenvalue weighted by atomic mass is 9.98. The molecule has 0 aliphatic carbocycles. The zero-order valence-electron chi connectivity index (χ0n) is 17.9. The minimum Gasteiger partial charge on any atom is -0.494 e. The minimum atomic E-state index is -0.621. The number of carbonyl (C=O) groups is 2. The first-order valence-electron chi connectivity index (χ1n) is 10.6. The number of aromatic amines is 1. The SMILES string of the molecule is COc1ccc(-c2cc(C(N)=O)c3[nH]c4ccc(C(=O)N5CC[C@H](O)C5)cc4c3c2)cc1F. The van der Waals surface area contributed by atoms with Crippen LogP contribution in [0.2, 0.25) is 0 Å². The van der Waals surface area contributed by atoms with Crippen LogP contribution in [0, 0.1) is 5.82 Å². The standard InChI is InChI=1S/C25H22FN3O4/c1-33-22-5-3-13(11-20(22)26)15-9-18-17-8-14(25(32)29-7-6-16(30)12-29)2-4-21(17)28-23(18)19(10-15)24(27)31/h2-5,8-11,16,28,30H,6-7,12H2,1H3,(H2,27,31)/t16-/m0/s1. The molecule has 1 fully saturated rings. The fourth-order valence-electron chi connectivity index (χ4n) is 4.45. The van der Waals surface area contributed by atoms with E-state index in [1.165, 1.54) is 19.2 Å². The summed E-state index contributed by atoms with van der Waals surface area (Å²) in [4.78, 5) is 30.0. The fraction of sp³-hybridized carbons (Fsp3) is 0.200. The molecule has 3 aromatic carbocycles. The number of halogens is 1. The lowest BCUT2D eigenvalue weighted by Gasteiger charge is -2.15. The number of nitrogens with two attached hydrogens (primary N) is 1. The van der Waals surface area contributed by atoms with Crippen LogP contribution in [0.25, 0.3) is 32.9 Å². The number of H-pyrrole nitrogens is 1. The number of ether oxygens (including phenoxy) is 1. The zero-order chi connectivity index (χ0) is 23.3. The molecular weight excluding hydrogens is 425 g/mol. The van der Waals surface area contributed by atoms with E-state index in [0.29, 0.717) is 47.1 Å². The molecule has 1 atom stereocenters. The molecule has 4 N–H and O–H groups in total. The van der Waals surface area contributed by atoms with Crippen molar-refractivity contribution in [2.45, 2.75) is 12.5 Å². The Hall–Kier alpha value is -3.91. The van der Waals surface area contributed by atoms with Crippen LogP contribution in [0.15, 0.2) is 48.5 Å². The van der Waals surface area contributed by atoms with Crippen molar-refractivity contribution in [1.82, 2.24) is 9.88 Å². The number of amides is 2. The van der Waals surface area contributed by atoms with Gasteiger partial charge in [0.25, 0.3) is 11.8 Å². The number of aliphatic hydroxyl groups is 1. The van der Waals surface area contributed by atoms with E-state index in [0.717, 1.165) is 10.9 Å². The molecule has 1 aliphatic heterocycles. The number of likely N-dealkylation sites (tertiary alicyclic amines) is 1. The summed E-state index contributed by atoms with van der Waals surface area (Å²) in [6, 6.07) is 13.3. The number of carbonyl (C=O) groups excluding carboxylic acids is 2. The second-order valence-corrected chi connectivity index (χ2v) is 8.24. The van der Waals surface area contributed by atoms with Crippen LogP contribution in [0.1, 0.15) is 27.1 Å². The van der Waals surface area contributed by atoms with Gasteiger partial charge in [-0.1, -0.05) is 6.07 Å². The molecule has 33 heavy (non-hydrogen) atoms. The van der Waals surface area contributed by atoms with E-state index >= 15 is 0 Å². The number of hydrogen-bond acceptors (Lipinski definition) is 4. The number of nitrogens with one attached hydrogen (secondary N) is 1. The van der Waals surface area contributed by atoms with Crippen molar-refractivity contribution in [3.8, 4) is 16.9 Å². The Balaban J connectivity index is 1.68. The van der Waals surface area contributed by atoms with Gasteiger partial charge in [-0.25, -0.2) is 4.39 Å². The second-order valence-electron chi connectivity index (χ2n) is 8.24. The van der Waals surface area contributed by atoms with E-state index in [1.54, 1.807) is 35.2 Å². The molecule has 8 heteroatoms. The Labute approximate surface area is 188 Å². The molecule has 0 saturated carbocycles. The molecular formula is C25H22FN3O4. The average Bonchev–Trinajstić information content (AvgIpc) is 3.40. The highest BCUT2D eigenvalue weighted by Gasteiger charge is 2.26. The molecule has 0 bridgehead atoms. The van der Waals surface area contributed by atoms with E-state index in [2.05, 4.69) is 4.98 Å². The maximum Gasteiger partial charge on any atom is 0.253 e. The average molecular weight is 447 g/mol. The molecule has 7 nitrogen and oxygen atoms in total. The van der Waals surface area contributed by atoms with Crippen molar-refractivity contribution in [3.05, 3.63) is 65.5 Å². The first-order chi connectivity index (χ1) is 15.9. The molecule has 0 unspecified atom stereocenters. The van der Waals surface area contributed by atoms with Crippen LogP contribution >= 0.6 is 0 Å². The summed E-state index contributed by atoms with van der Waals surface area (Å²) >= 11 is 0. The van der Waals surface area contributed by atoms with Crippen LogP contribution in [0.3, 0.4) is 0 Å². The molecule has 2 amide bonds. The Morgan fingerprint density at radius 1 is 1.12 bits per heavy atom. The van der Waals surface area contributed by atoms with Gasteiger partial charge in [-0.15, -0.1) is 0 Å². The van der Waals surface area contributed by atoms with E-state index in [-0.39, 0.29) is 17.2 Å². The van der Waals surface area contributed by atoms with E-state index < -0.39 is 17.8 Å². The highest BCUT2D eigenvalue weighted by Crippen LogP contribution is 2.34. The van der Waals surface area contributed by atoms with Gasteiger partial charge in [0, 0.05) is 34.9 Å². The van der Waals surface area contributed by atoms with Crippen LogP contribution in [0.4, 0.5) is 4.39 Å². The molecule has 1 aromatic heterocycles. The molecule has 2 heterocycles. The number of fused-ring (bicyclic) bond motifs is 3. The van der Waals surface area contributed by atoms with Gasteiger partial charge in [0.1, 0.15) is 0 Å². The van der Waals surface area contributed by atoms with Crippen LogP contribution in [0.5, 0.6) is 5.75 Å². The molecule has 0 radical (unpaired) electrons. The highest BCUT2D eigenvalue weighted by atomic mass is 19.1. The minimum absolute atomic E-state index is 0.122. The van der Waals surface area contributed by atoms with Gasteiger partial charge in [-0.2, -0.15) is 0 Å². The van der Waals surface area contributed by atoms with Crippen molar-refractivity contribution in [1.29, 1.82) is 0 Å². The number of aliphatic hydroxyl groups excluding tert-OH is 1. The summed E-state index contributed by atoms with van der Waals surface area (Å²) in [6.45, 7) is 0.814. The molecule has 1 saturated heterocycles. The number of benzene rings is 3. The topological polar surface area (TPSA) is 109 Å². The Bertz CT molecular complexity index is 1430. The third-order valence-corrected chi connectivity index (χ3v) is 6.16. The smallest absolute Gasteiger partial charge is 0.253 e. The van der Waals surface area contributed by atoms with Gasteiger partial charge in [0.2, 0.25) is 0 Å². The number of rotatable bonds is 4. The summed E-state index contributed by atoms with van der Waals surface area (Å²) in [7, 11) is 1.39. The quantitative estimate of drug-likeness (QED) is 0.445. The largest absolute Gasteiger partial charge is 0.494 e. The molecule has 4 aromatic rings. The van der Waals surface area contributed by atoms with Crippen molar-refractivity contribution in [3.63, 3.8) is 0 Å². The molecule has 1 aliphatic rings. The van der Waals surface area contributed by atoms with Crippen molar-refractivity contribution < 1.29 is 23.8 Å². The lowest BCUT2D eigenvalue weighted by molar-refractivity contribution is 0.0765. The van der Waals surface area contributed by atoms with Gasteiger partial charge < -0.3 is 25.5 Å². The maximum atomic E-state index is 14.3. The normalized spacial score (nSPS) is 16.0. The lowest BCUT2D eigenvalue weighted by Crippen LogP contribution is -2.29. The van der Waals surface area contributed by atoms with E-state index in [9.17, 15) is 19.1 Å². The van der Waals surface area contributed by atoms with Crippen LogP contribution < -0.4 is 10.5 Å². The highest BCUT2D eigenvalue weighted by molar-refractivity contribution is 6.17. The van der Waals surface area contributed by atoms with Gasteiger partial charge in [0.05, 0.1) is 24.3 Å². The van der Waals surface area contributed by atoms with Gasteiger partial charge in [0.15, 0.2) is 11.6 Å². The maximum absolute atomic E-state index is 14.3. The Kier molecular flexibility index (Phi) is 5.02. The van der Waals surface area contributed by atoms with Crippen molar-refractivity contribution in [2.75, 3.05) is 20.2 Å². The summed E-state index contributed by atoms with van der Waals surface area (Å²) in [5.41, 5.74) is 8.88. The summed E-state index contributed by atoms with van der Waals surface area (Å²) in [5, 5.41) is 11.2. The second kappa shape index (κ2) is 7.90. The molecule has 0 spiro atoms. The van der Waals surface area contributed by atoms with E-state index in [4.69, 9.17) is 10.5 Å². The number of aromatic nitrogens is 1. The predicted octanol–water partition coefficient (Wildman–Crippen LogP) is 3.44. The third kappa shape index (κ3) is 3.58. The first-order valence-corrected chi connectivity index (χ1v) is 10.6. The molecule has 168 valence electrons. The van der Waals surface area contributed by atoms with E-state index in [1.807, 2.05) is 6.07 Å². The fourth-order valence-corrected chi connectivity index (χ4v) is 4.45. The van der Waals surface area contributed by atoms with Crippen LogP contribution in [-0.2, 0) is 0 Å². The Morgan fingerprint density at radius 2 is 1.94 bits per heavy atom. The number of β-amino-alcohol motifs (C(OH)–C–C–N with tert-alkyl or cyclic N) is 1. The first kappa shape index (κ1) is 21.0. The number of methoxy groups -OCH3 is 1. The summed E-state index contributed by atoms with van der Waals surface area (Å²) < 4.78 is 19.3. The number of primary amides is 1. The number of nitrogens with zero attached hydrogens (tertiary/aromatic N) is 1. The van der Waals surface area contributed by atoms with Gasteiger partial charge >= 0.3 is 0 Å². The predicted molar refractivity (Wildman–Crippen MR) is 123 cm³/mol. The summed E-state index contributed by atoms with van der Waals surface area (Å²) in [5.74, 6) is -1.18. The monoisotopic (exact) mass is 447 g/mol. The van der Waals surface area contributed by atoms with Crippen LogP contribution in [-0.4, -0.2) is 53.1 Å². The van der Waals surface area contributed by atoms with Gasteiger partial charge in [-0.05, 0) is 60.0 Å². The Morgan fingerprint density at radius 3 is 2.61 bits per heavy atom. The zero-order valence-corrected chi connectivity index (χ0v) is 17.9. The summed E-state index contributed by atoms with van der Waals surface area (Å²) in [6.07, 6.45) is 0.0570. The molecule has 5 rings (SSSR count). The third-order valence-electron chi connectivity index (χ3n) is 6.16. The van der Waals surface area contributed by atoms with Gasteiger partial charge in [-0.3, -0.25) is 9.59 Å². The number of hydrogen-bond donors (Lipinski definition) is 3. The van der Waals surface area contributed by atoms with Crippen molar-refractivity contribution in [2.24, 2.45) is 5.73 Å². The van der Waals surface area contributed by atoms with Crippen molar-refractivity contribution >= 4 is 33.6 Å².